The molecule has 1 aromatic rings. The molecule has 0 radical (unpaired) electrons. The number of rotatable bonds is 5. The minimum absolute atomic E-state index is 0.183. The molecule has 80 valence electrons. The van der Waals surface area contributed by atoms with E-state index < -0.39 is 5.97 Å². The van der Waals surface area contributed by atoms with Crippen molar-refractivity contribution in [3.05, 3.63) is 35.4 Å². The first-order valence-corrected chi connectivity index (χ1v) is 4.50. The third-order valence-corrected chi connectivity index (χ3v) is 1.83. The van der Waals surface area contributed by atoms with Crippen molar-refractivity contribution in [1.82, 2.24) is 0 Å². The Hall–Kier alpha value is -1.68. The van der Waals surface area contributed by atoms with Crippen LogP contribution in [0.2, 0.25) is 0 Å². The third-order valence-electron chi connectivity index (χ3n) is 1.83. The minimum atomic E-state index is -0.505. The third kappa shape index (κ3) is 3.18. The first kappa shape index (κ1) is 11.4. The highest BCUT2D eigenvalue weighted by Gasteiger charge is 2.10. The van der Waals surface area contributed by atoms with Gasteiger partial charge in [0.2, 0.25) is 0 Å². The largest absolute Gasteiger partial charge is 0.460 e. The molecular formula is C11H12O4. The van der Waals surface area contributed by atoms with Gasteiger partial charge in [-0.25, -0.2) is 4.79 Å². The van der Waals surface area contributed by atoms with Crippen LogP contribution in [0.1, 0.15) is 20.7 Å². The molecule has 0 N–H and O–H groups in total. The van der Waals surface area contributed by atoms with Gasteiger partial charge in [-0.05, 0) is 6.07 Å². The molecule has 0 fully saturated rings. The van der Waals surface area contributed by atoms with Crippen LogP contribution in [0.4, 0.5) is 0 Å². The maximum atomic E-state index is 11.5. The Morgan fingerprint density at radius 2 is 2.07 bits per heavy atom. The lowest BCUT2D eigenvalue weighted by Crippen LogP contribution is -2.11. The molecule has 0 aliphatic rings. The van der Waals surface area contributed by atoms with Crippen LogP contribution < -0.4 is 0 Å². The molecule has 4 heteroatoms. The number of carbonyl (C=O) groups excluding carboxylic acids is 2. The van der Waals surface area contributed by atoms with Gasteiger partial charge in [-0.15, -0.1) is 0 Å². The van der Waals surface area contributed by atoms with Crippen molar-refractivity contribution >= 4 is 12.3 Å². The average molecular weight is 208 g/mol. The van der Waals surface area contributed by atoms with Crippen molar-refractivity contribution in [2.24, 2.45) is 0 Å². The summed E-state index contributed by atoms with van der Waals surface area (Å²) in [6.45, 7) is 0.525. The fourth-order valence-electron chi connectivity index (χ4n) is 1.08. The molecule has 0 unspecified atom stereocenters. The van der Waals surface area contributed by atoms with Crippen LogP contribution in [0.15, 0.2) is 24.3 Å². The van der Waals surface area contributed by atoms with E-state index in [0.717, 1.165) is 0 Å². The first-order valence-electron chi connectivity index (χ1n) is 4.50. The normalized spacial score (nSPS) is 9.67. The van der Waals surface area contributed by atoms with Crippen molar-refractivity contribution in [3.8, 4) is 0 Å². The molecule has 0 bridgehead atoms. The Morgan fingerprint density at radius 3 is 2.73 bits per heavy atom. The van der Waals surface area contributed by atoms with Crippen molar-refractivity contribution in [1.29, 1.82) is 0 Å². The zero-order valence-electron chi connectivity index (χ0n) is 8.43. The maximum Gasteiger partial charge on any atom is 0.338 e. The monoisotopic (exact) mass is 208 g/mol. The highest BCUT2D eigenvalue weighted by atomic mass is 16.6. The molecule has 0 amide bonds. The van der Waals surface area contributed by atoms with Crippen LogP contribution in [0.3, 0.4) is 0 Å². The van der Waals surface area contributed by atoms with E-state index >= 15 is 0 Å². The average Bonchev–Trinajstić information content (AvgIpc) is 2.29. The standard InChI is InChI=1S/C11H12O4/c1-14-6-7-15-11(13)10-5-3-2-4-9(10)8-12/h2-5,8H,6-7H2,1H3. The molecule has 4 nitrogen and oxygen atoms in total. The molecule has 0 heterocycles. The van der Waals surface area contributed by atoms with Crippen molar-refractivity contribution in [3.63, 3.8) is 0 Å². The quantitative estimate of drug-likeness (QED) is 0.416. The molecule has 15 heavy (non-hydrogen) atoms. The lowest BCUT2D eigenvalue weighted by atomic mass is 10.1. The van der Waals surface area contributed by atoms with E-state index in [-0.39, 0.29) is 12.2 Å². The van der Waals surface area contributed by atoms with Gasteiger partial charge < -0.3 is 9.47 Å². The van der Waals surface area contributed by atoms with E-state index in [0.29, 0.717) is 18.5 Å². The second kappa shape index (κ2) is 5.93. The van der Waals surface area contributed by atoms with Gasteiger partial charge in [0.25, 0.3) is 0 Å². The second-order valence-corrected chi connectivity index (χ2v) is 2.83. The van der Waals surface area contributed by atoms with E-state index in [1.54, 1.807) is 24.3 Å². The predicted molar refractivity (Wildman–Crippen MR) is 54.0 cm³/mol. The van der Waals surface area contributed by atoms with Gasteiger partial charge in [0, 0.05) is 12.7 Å². The van der Waals surface area contributed by atoms with Crippen LogP contribution in [0.25, 0.3) is 0 Å². The van der Waals surface area contributed by atoms with Crippen LogP contribution >= 0.6 is 0 Å². The molecule has 1 aromatic carbocycles. The summed E-state index contributed by atoms with van der Waals surface area (Å²) >= 11 is 0. The minimum Gasteiger partial charge on any atom is -0.460 e. The molecule has 0 aliphatic carbocycles. The summed E-state index contributed by atoms with van der Waals surface area (Å²) < 4.78 is 9.63. The predicted octanol–water partition coefficient (Wildman–Crippen LogP) is 1.30. The number of benzene rings is 1. The SMILES string of the molecule is COCCOC(=O)c1ccccc1C=O. The molecule has 0 saturated carbocycles. The maximum absolute atomic E-state index is 11.5. The number of esters is 1. The van der Waals surface area contributed by atoms with Gasteiger partial charge in [-0.3, -0.25) is 4.79 Å². The van der Waals surface area contributed by atoms with E-state index in [2.05, 4.69) is 0 Å². The summed E-state index contributed by atoms with van der Waals surface area (Å²) in [4.78, 5) is 22.1. The van der Waals surface area contributed by atoms with Gasteiger partial charge in [0.05, 0.1) is 12.2 Å². The molecule has 0 aliphatic heterocycles. The molecule has 1 rings (SSSR count). The zero-order valence-corrected chi connectivity index (χ0v) is 8.43. The van der Waals surface area contributed by atoms with Crippen LogP contribution in [-0.2, 0) is 9.47 Å². The number of ether oxygens (including phenoxy) is 2. The van der Waals surface area contributed by atoms with Crippen molar-refractivity contribution < 1.29 is 19.1 Å². The number of hydrogen-bond acceptors (Lipinski definition) is 4. The Balaban J connectivity index is 2.68. The summed E-state index contributed by atoms with van der Waals surface area (Å²) in [5.74, 6) is -0.505. The fraction of sp³-hybridized carbons (Fsp3) is 0.273. The Bertz CT molecular complexity index is 346. The van der Waals surface area contributed by atoms with Gasteiger partial charge in [-0.2, -0.15) is 0 Å². The van der Waals surface area contributed by atoms with Crippen LogP contribution in [0, 0.1) is 0 Å². The first-order chi connectivity index (χ1) is 7.29. The summed E-state index contributed by atoms with van der Waals surface area (Å²) in [7, 11) is 1.52. The smallest absolute Gasteiger partial charge is 0.338 e. The number of hydrogen-bond donors (Lipinski definition) is 0. The highest BCUT2D eigenvalue weighted by Crippen LogP contribution is 2.07. The van der Waals surface area contributed by atoms with Crippen LogP contribution in [0.5, 0.6) is 0 Å². The fourth-order valence-corrected chi connectivity index (χ4v) is 1.08. The Labute approximate surface area is 87.8 Å². The Morgan fingerprint density at radius 1 is 1.33 bits per heavy atom. The van der Waals surface area contributed by atoms with Crippen molar-refractivity contribution in [2.75, 3.05) is 20.3 Å². The van der Waals surface area contributed by atoms with Gasteiger partial charge >= 0.3 is 5.97 Å². The summed E-state index contributed by atoms with van der Waals surface area (Å²) in [5.41, 5.74) is 0.614. The molecule has 0 spiro atoms. The molecular weight excluding hydrogens is 196 g/mol. The summed E-state index contributed by atoms with van der Waals surface area (Å²) in [5, 5.41) is 0. The molecule has 0 saturated heterocycles. The van der Waals surface area contributed by atoms with Gasteiger partial charge in [0.1, 0.15) is 6.61 Å². The van der Waals surface area contributed by atoms with Gasteiger partial charge in [-0.1, -0.05) is 18.2 Å². The van der Waals surface area contributed by atoms with Crippen molar-refractivity contribution in [2.45, 2.75) is 0 Å². The van der Waals surface area contributed by atoms with E-state index in [1.165, 1.54) is 7.11 Å². The van der Waals surface area contributed by atoms with E-state index in [4.69, 9.17) is 9.47 Å². The van der Waals surface area contributed by atoms with Crippen LogP contribution in [-0.4, -0.2) is 32.6 Å². The number of aldehydes is 1. The molecule has 0 aromatic heterocycles. The lowest BCUT2D eigenvalue weighted by molar-refractivity contribution is 0.0386. The second-order valence-electron chi connectivity index (χ2n) is 2.83. The van der Waals surface area contributed by atoms with Gasteiger partial charge in [0.15, 0.2) is 6.29 Å². The Kier molecular flexibility index (Phi) is 4.50. The highest BCUT2D eigenvalue weighted by molar-refractivity contribution is 5.98. The van der Waals surface area contributed by atoms with E-state index in [1.807, 2.05) is 0 Å². The zero-order chi connectivity index (χ0) is 11.1. The summed E-state index contributed by atoms with van der Waals surface area (Å²) in [6.07, 6.45) is 0.632. The number of methoxy groups -OCH3 is 1. The lowest BCUT2D eigenvalue weighted by Gasteiger charge is -2.05. The topological polar surface area (TPSA) is 52.6 Å². The number of carbonyl (C=O) groups is 2. The molecule has 0 atom stereocenters. The van der Waals surface area contributed by atoms with E-state index in [9.17, 15) is 9.59 Å². The summed E-state index contributed by atoms with van der Waals surface area (Å²) in [6, 6.07) is 6.49.